The molecule has 4 aromatic rings. The number of allylic oxidation sites excluding steroid dienone is 1. The zero-order valence-electron chi connectivity index (χ0n) is 15.2. The molecule has 5 nitrogen and oxygen atoms in total. The molecule has 0 radical (unpaired) electrons. The number of nitriles is 1. The minimum atomic E-state index is -0.391. The van der Waals surface area contributed by atoms with E-state index in [4.69, 9.17) is 22.1 Å². The molecular weight excluding hydrogens is 384 g/mol. The van der Waals surface area contributed by atoms with Gasteiger partial charge in [0.15, 0.2) is 0 Å². The van der Waals surface area contributed by atoms with Crippen molar-refractivity contribution in [3.05, 3.63) is 94.3 Å². The number of aromatic amines is 1. The topological polar surface area (TPSA) is 87.7 Å². The minimum Gasteiger partial charge on any atom is -0.420 e. The molecule has 0 amide bonds. The highest BCUT2D eigenvalue weighted by atomic mass is 35.5. The molecule has 0 bridgehead atoms. The molecule has 0 fully saturated rings. The number of fused-ring (bicyclic) bond motifs is 2. The van der Waals surface area contributed by atoms with Crippen molar-refractivity contribution < 1.29 is 4.74 Å². The summed E-state index contributed by atoms with van der Waals surface area (Å²) in [5.41, 5.74) is 9.85. The molecule has 0 spiro atoms. The molecule has 0 unspecified atom stereocenters. The summed E-state index contributed by atoms with van der Waals surface area (Å²) in [6.07, 6.45) is 0. The third kappa shape index (κ3) is 2.82. The Bertz CT molecular complexity index is 1310. The fourth-order valence-corrected chi connectivity index (χ4v) is 3.93. The van der Waals surface area contributed by atoms with Crippen LogP contribution in [0.3, 0.4) is 0 Å². The van der Waals surface area contributed by atoms with Gasteiger partial charge in [-0.05, 0) is 28.5 Å². The van der Waals surface area contributed by atoms with Crippen LogP contribution in [0.5, 0.6) is 5.88 Å². The second kappa shape index (κ2) is 6.69. The summed E-state index contributed by atoms with van der Waals surface area (Å²) in [5, 5.41) is 20.1. The van der Waals surface area contributed by atoms with Gasteiger partial charge in [-0.15, -0.1) is 5.10 Å². The zero-order chi connectivity index (χ0) is 20.0. The molecule has 3 aromatic carbocycles. The van der Waals surface area contributed by atoms with Crippen LogP contribution >= 0.6 is 11.6 Å². The van der Waals surface area contributed by atoms with E-state index in [1.54, 1.807) is 0 Å². The lowest BCUT2D eigenvalue weighted by atomic mass is 9.82. The van der Waals surface area contributed by atoms with Gasteiger partial charge in [0.25, 0.3) is 0 Å². The fourth-order valence-electron chi connectivity index (χ4n) is 3.80. The van der Waals surface area contributed by atoms with Gasteiger partial charge in [0, 0.05) is 10.6 Å². The van der Waals surface area contributed by atoms with Crippen molar-refractivity contribution >= 4 is 22.4 Å². The Hall–Kier alpha value is -3.75. The van der Waals surface area contributed by atoms with Gasteiger partial charge in [0.2, 0.25) is 11.8 Å². The highest BCUT2D eigenvalue weighted by Gasteiger charge is 2.35. The van der Waals surface area contributed by atoms with E-state index in [2.05, 4.69) is 28.4 Å². The first-order valence-electron chi connectivity index (χ1n) is 9.06. The molecule has 0 saturated carbocycles. The van der Waals surface area contributed by atoms with Gasteiger partial charge in [0.1, 0.15) is 11.6 Å². The quantitative estimate of drug-likeness (QED) is 0.491. The van der Waals surface area contributed by atoms with Crippen LogP contribution in [-0.2, 0) is 0 Å². The number of hydrogen-bond acceptors (Lipinski definition) is 4. The second-order valence-corrected chi connectivity index (χ2v) is 7.29. The number of rotatable bonds is 2. The molecule has 5 rings (SSSR count). The molecule has 0 aliphatic carbocycles. The van der Waals surface area contributed by atoms with Gasteiger partial charge in [-0.1, -0.05) is 66.2 Å². The normalized spacial score (nSPS) is 15.7. The molecule has 2 heterocycles. The highest BCUT2D eigenvalue weighted by molar-refractivity contribution is 6.30. The van der Waals surface area contributed by atoms with Crippen LogP contribution in [-0.4, -0.2) is 10.2 Å². The first kappa shape index (κ1) is 17.4. The number of hydrogen-bond donors (Lipinski definition) is 2. The maximum absolute atomic E-state index is 9.85. The average molecular weight is 399 g/mol. The first-order chi connectivity index (χ1) is 14.2. The van der Waals surface area contributed by atoms with Crippen molar-refractivity contribution in [2.75, 3.05) is 0 Å². The molecule has 1 aromatic heterocycles. The van der Waals surface area contributed by atoms with Crippen molar-refractivity contribution in [1.29, 1.82) is 5.26 Å². The zero-order valence-corrected chi connectivity index (χ0v) is 15.9. The van der Waals surface area contributed by atoms with Crippen LogP contribution < -0.4 is 10.5 Å². The Morgan fingerprint density at radius 1 is 1.03 bits per heavy atom. The van der Waals surface area contributed by atoms with E-state index in [1.165, 1.54) is 0 Å². The number of H-pyrrole nitrogens is 1. The summed E-state index contributed by atoms with van der Waals surface area (Å²) in [7, 11) is 0. The van der Waals surface area contributed by atoms with Crippen LogP contribution in [0, 0.1) is 11.3 Å². The Morgan fingerprint density at radius 3 is 2.55 bits per heavy atom. The van der Waals surface area contributed by atoms with Crippen molar-refractivity contribution in [3.8, 4) is 23.2 Å². The summed E-state index contributed by atoms with van der Waals surface area (Å²) >= 11 is 6.04. The molecule has 1 atom stereocenters. The van der Waals surface area contributed by atoms with Gasteiger partial charge < -0.3 is 10.5 Å². The fraction of sp³-hybridized carbons (Fsp3) is 0.0435. The summed E-state index contributed by atoms with van der Waals surface area (Å²) in [6.45, 7) is 0. The standard InChI is InChI=1S/C23H15ClN4O/c24-17-9-7-14(8-10-17)21-20-19(18(12-25)22(26)29-23(20)28-27-21)16-6-5-13-3-1-2-4-15(13)11-16/h1-11,19H,26H2,(H,27,28)/t19-/m0/s1. The van der Waals surface area contributed by atoms with Gasteiger partial charge in [-0.3, -0.25) is 5.10 Å². The molecule has 1 aliphatic rings. The predicted molar refractivity (Wildman–Crippen MR) is 112 cm³/mol. The van der Waals surface area contributed by atoms with Gasteiger partial charge in [-0.2, -0.15) is 5.26 Å². The molecular formula is C23H15ClN4O. The lowest BCUT2D eigenvalue weighted by Gasteiger charge is -2.24. The van der Waals surface area contributed by atoms with Crippen LogP contribution in [0.1, 0.15) is 17.0 Å². The summed E-state index contributed by atoms with van der Waals surface area (Å²) in [4.78, 5) is 0. The number of nitrogens with one attached hydrogen (secondary N) is 1. The van der Waals surface area contributed by atoms with E-state index in [9.17, 15) is 5.26 Å². The monoisotopic (exact) mass is 398 g/mol. The molecule has 140 valence electrons. The van der Waals surface area contributed by atoms with Crippen LogP contribution in [0.2, 0.25) is 5.02 Å². The maximum Gasteiger partial charge on any atom is 0.244 e. The second-order valence-electron chi connectivity index (χ2n) is 6.86. The van der Waals surface area contributed by atoms with Gasteiger partial charge in [0.05, 0.1) is 17.2 Å². The Kier molecular flexibility index (Phi) is 4.01. The number of nitrogens with zero attached hydrogens (tertiary/aromatic N) is 2. The van der Waals surface area contributed by atoms with Crippen molar-refractivity contribution in [3.63, 3.8) is 0 Å². The van der Waals surface area contributed by atoms with Gasteiger partial charge in [-0.25, -0.2) is 0 Å². The van der Waals surface area contributed by atoms with Crippen molar-refractivity contribution in [1.82, 2.24) is 10.2 Å². The number of benzene rings is 3. The van der Waals surface area contributed by atoms with E-state index >= 15 is 0 Å². The van der Waals surface area contributed by atoms with E-state index < -0.39 is 5.92 Å². The average Bonchev–Trinajstić information content (AvgIpc) is 3.16. The molecule has 0 saturated heterocycles. The van der Waals surface area contributed by atoms with Crippen molar-refractivity contribution in [2.45, 2.75) is 5.92 Å². The minimum absolute atomic E-state index is 0.0762. The molecule has 29 heavy (non-hydrogen) atoms. The van der Waals surface area contributed by atoms with Crippen LogP contribution in [0.4, 0.5) is 0 Å². The third-order valence-corrected chi connectivity index (χ3v) is 5.43. The number of ether oxygens (including phenoxy) is 1. The van der Waals surface area contributed by atoms with E-state index in [1.807, 2.05) is 54.6 Å². The first-order valence-corrected chi connectivity index (χ1v) is 9.44. The molecule has 1 aliphatic heterocycles. The maximum atomic E-state index is 9.85. The van der Waals surface area contributed by atoms with Crippen molar-refractivity contribution in [2.24, 2.45) is 5.73 Å². The lowest BCUT2D eigenvalue weighted by Crippen LogP contribution is -2.21. The summed E-state index contributed by atoms with van der Waals surface area (Å²) in [6, 6.07) is 23.9. The number of aromatic nitrogens is 2. The van der Waals surface area contributed by atoms with E-state index in [0.29, 0.717) is 16.5 Å². The molecule has 6 heteroatoms. The Balaban J connectivity index is 1.74. The third-order valence-electron chi connectivity index (χ3n) is 5.18. The highest BCUT2D eigenvalue weighted by Crippen LogP contribution is 2.46. The van der Waals surface area contributed by atoms with Crippen LogP contribution in [0.25, 0.3) is 22.0 Å². The summed E-state index contributed by atoms with van der Waals surface area (Å²) in [5.74, 6) is 0.0645. The SMILES string of the molecule is N#CC1=C(N)Oc2n[nH]c(-c3ccc(Cl)cc3)c2[C@H]1c1ccc2ccccc2c1. The molecule has 3 N–H and O–H groups in total. The van der Waals surface area contributed by atoms with Crippen LogP contribution in [0.15, 0.2) is 78.2 Å². The number of nitrogens with two attached hydrogens (primary N) is 1. The Labute approximate surface area is 172 Å². The smallest absolute Gasteiger partial charge is 0.244 e. The van der Waals surface area contributed by atoms with E-state index in [-0.39, 0.29) is 5.88 Å². The largest absolute Gasteiger partial charge is 0.420 e. The Morgan fingerprint density at radius 2 is 1.79 bits per heavy atom. The number of halogens is 1. The van der Waals surface area contributed by atoms with E-state index in [0.717, 1.165) is 33.2 Å². The lowest BCUT2D eigenvalue weighted by molar-refractivity contribution is 0.379. The summed E-state index contributed by atoms with van der Waals surface area (Å²) < 4.78 is 5.67. The van der Waals surface area contributed by atoms with Gasteiger partial charge >= 0.3 is 0 Å². The predicted octanol–water partition coefficient (Wildman–Crippen LogP) is 5.10.